The zero-order valence-corrected chi connectivity index (χ0v) is 14.2. The van der Waals surface area contributed by atoms with Gasteiger partial charge in [0, 0.05) is 0 Å². The topological polar surface area (TPSA) is 150 Å². The van der Waals surface area contributed by atoms with Crippen LogP contribution in [-0.4, -0.2) is 85.0 Å². The first-order chi connectivity index (χ1) is 12.0. The van der Waals surface area contributed by atoms with Gasteiger partial charge in [0.1, 0.15) is 24.4 Å². The van der Waals surface area contributed by atoms with E-state index in [0.29, 0.717) is 6.42 Å². The summed E-state index contributed by atoms with van der Waals surface area (Å²) >= 11 is 0. The summed E-state index contributed by atoms with van der Waals surface area (Å²) in [5, 5.41) is 49.8. The van der Waals surface area contributed by atoms with Crippen molar-refractivity contribution < 1.29 is 30.0 Å². The van der Waals surface area contributed by atoms with Crippen molar-refractivity contribution in [2.75, 3.05) is 13.1 Å². The molecule has 0 saturated carbocycles. The Morgan fingerprint density at radius 2 is 2.04 bits per heavy atom. The first-order valence-electron chi connectivity index (χ1n) is 8.46. The molecule has 5 N–H and O–H groups in total. The lowest BCUT2D eigenvalue weighted by Crippen LogP contribution is -2.60. The van der Waals surface area contributed by atoms with Crippen molar-refractivity contribution in [2.24, 2.45) is 0 Å². The first-order valence-corrected chi connectivity index (χ1v) is 8.46. The number of aliphatic hydroxyl groups is 3. The Morgan fingerprint density at radius 3 is 2.72 bits per heavy atom. The fraction of sp³-hybridized carbons (Fsp3) is 0.800. The van der Waals surface area contributed by atoms with Crippen molar-refractivity contribution in [3.05, 3.63) is 11.9 Å². The van der Waals surface area contributed by atoms with Crippen molar-refractivity contribution in [1.82, 2.24) is 20.3 Å². The number of aliphatic carboxylic acids is 1. The molecule has 0 spiro atoms. The summed E-state index contributed by atoms with van der Waals surface area (Å²) in [4.78, 5) is 11.1. The fourth-order valence-corrected chi connectivity index (χ4v) is 2.80. The van der Waals surface area contributed by atoms with E-state index in [4.69, 9.17) is 9.84 Å². The second kappa shape index (κ2) is 9.20. The van der Waals surface area contributed by atoms with Crippen LogP contribution in [0.4, 0.5) is 0 Å². The predicted molar refractivity (Wildman–Crippen MR) is 85.8 cm³/mol. The number of aryl methyl sites for hydroxylation is 1. The van der Waals surface area contributed by atoms with Gasteiger partial charge in [0.05, 0.1) is 18.4 Å². The van der Waals surface area contributed by atoms with Crippen LogP contribution in [-0.2, 0) is 22.5 Å². The molecule has 2 rings (SSSR count). The highest BCUT2D eigenvalue weighted by atomic mass is 16.6. The van der Waals surface area contributed by atoms with Crippen LogP contribution in [0, 0.1) is 0 Å². The highest BCUT2D eigenvalue weighted by molar-refractivity contribution is 5.73. The summed E-state index contributed by atoms with van der Waals surface area (Å²) in [6.07, 6.45) is -3.08. The van der Waals surface area contributed by atoms with Gasteiger partial charge in [0.2, 0.25) is 0 Å². The second-order valence-electron chi connectivity index (χ2n) is 6.17. The summed E-state index contributed by atoms with van der Waals surface area (Å²) in [6.45, 7) is 3.94. The standard InChI is InChI=1S/C15H26N4O6/c1-2-5-16-6-3-4-9-7-17-18-19(9)8-10-11(20)12(21)13(22)14(25-10)15(23)24/h7,10-14,16,20-22H,2-6,8H2,1H3,(H,23,24). The summed E-state index contributed by atoms with van der Waals surface area (Å²) in [7, 11) is 0. The van der Waals surface area contributed by atoms with Crippen molar-refractivity contribution in [2.45, 2.75) is 63.3 Å². The number of nitrogens with one attached hydrogen (secondary N) is 1. The normalized spacial score (nSPS) is 29.7. The molecule has 0 bridgehead atoms. The van der Waals surface area contributed by atoms with Gasteiger partial charge in [-0.3, -0.25) is 0 Å². The van der Waals surface area contributed by atoms with Gasteiger partial charge in [0.15, 0.2) is 6.10 Å². The van der Waals surface area contributed by atoms with Gasteiger partial charge in [-0.1, -0.05) is 12.1 Å². The minimum atomic E-state index is -1.69. The van der Waals surface area contributed by atoms with Gasteiger partial charge < -0.3 is 30.5 Å². The lowest BCUT2D eigenvalue weighted by atomic mass is 9.95. The van der Waals surface area contributed by atoms with E-state index in [1.165, 1.54) is 4.68 Å². The molecule has 142 valence electrons. The number of aliphatic hydroxyl groups excluding tert-OH is 3. The SMILES string of the molecule is CCCNCCCc1cnnn1CC1OC(C(=O)O)C(O)C(O)C1O. The Bertz CT molecular complexity index is 554. The molecule has 1 aliphatic rings. The summed E-state index contributed by atoms with van der Waals surface area (Å²) < 4.78 is 6.79. The molecule has 0 radical (unpaired) electrons. The van der Waals surface area contributed by atoms with E-state index in [-0.39, 0.29) is 6.54 Å². The molecule has 1 aliphatic heterocycles. The van der Waals surface area contributed by atoms with Crippen LogP contribution in [0.1, 0.15) is 25.5 Å². The minimum absolute atomic E-state index is 0.0342. The van der Waals surface area contributed by atoms with E-state index in [9.17, 15) is 20.1 Å². The summed E-state index contributed by atoms with van der Waals surface area (Å²) in [6, 6.07) is 0. The highest BCUT2D eigenvalue weighted by Gasteiger charge is 2.47. The molecule has 2 heterocycles. The molecule has 1 aromatic heterocycles. The number of aromatic nitrogens is 3. The molecule has 5 atom stereocenters. The van der Waals surface area contributed by atoms with Crippen LogP contribution < -0.4 is 5.32 Å². The predicted octanol–water partition coefficient (Wildman–Crippen LogP) is -1.85. The Balaban J connectivity index is 1.96. The maximum atomic E-state index is 11.1. The number of nitrogens with zero attached hydrogens (tertiary/aromatic N) is 3. The Morgan fingerprint density at radius 1 is 1.28 bits per heavy atom. The fourth-order valence-electron chi connectivity index (χ4n) is 2.80. The Labute approximate surface area is 145 Å². The summed E-state index contributed by atoms with van der Waals surface area (Å²) in [5.41, 5.74) is 0.821. The zero-order valence-electron chi connectivity index (χ0n) is 14.2. The number of carboxylic acids is 1. The molecule has 1 saturated heterocycles. The van der Waals surface area contributed by atoms with E-state index in [1.54, 1.807) is 6.20 Å². The minimum Gasteiger partial charge on any atom is -0.479 e. The molecule has 0 aromatic carbocycles. The van der Waals surface area contributed by atoms with Crippen LogP contribution in [0.2, 0.25) is 0 Å². The molecular weight excluding hydrogens is 332 g/mol. The van der Waals surface area contributed by atoms with Gasteiger partial charge in [-0.15, -0.1) is 5.10 Å². The lowest BCUT2D eigenvalue weighted by Gasteiger charge is -2.38. The van der Waals surface area contributed by atoms with Crippen molar-refractivity contribution in [3.63, 3.8) is 0 Å². The van der Waals surface area contributed by atoms with Gasteiger partial charge in [-0.2, -0.15) is 0 Å². The lowest BCUT2D eigenvalue weighted by molar-refractivity contribution is -0.230. The molecule has 1 fully saturated rings. The first kappa shape index (κ1) is 19.7. The van der Waals surface area contributed by atoms with E-state index in [2.05, 4.69) is 22.6 Å². The maximum Gasteiger partial charge on any atom is 0.335 e. The zero-order chi connectivity index (χ0) is 18.4. The van der Waals surface area contributed by atoms with Gasteiger partial charge in [-0.05, 0) is 32.4 Å². The van der Waals surface area contributed by atoms with Crippen LogP contribution in [0.15, 0.2) is 6.20 Å². The Kier molecular flexibility index (Phi) is 7.26. The number of carboxylic acid groups (broad SMARTS) is 1. The average Bonchev–Trinajstić information content (AvgIpc) is 3.02. The molecule has 0 aliphatic carbocycles. The van der Waals surface area contributed by atoms with E-state index in [1.807, 2.05) is 0 Å². The van der Waals surface area contributed by atoms with Crippen LogP contribution in [0.5, 0.6) is 0 Å². The molecule has 0 amide bonds. The molecule has 5 unspecified atom stereocenters. The quantitative estimate of drug-likeness (QED) is 0.320. The molecule has 10 nitrogen and oxygen atoms in total. The smallest absolute Gasteiger partial charge is 0.335 e. The van der Waals surface area contributed by atoms with Crippen molar-refractivity contribution in [1.29, 1.82) is 0 Å². The van der Waals surface area contributed by atoms with Crippen molar-refractivity contribution in [3.8, 4) is 0 Å². The Hall–Kier alpha value is -1.59. The summed E-state index contributed by atoms with van der Waals surface area (Å²) in [5.74, 6) is -1.40. The van der Waals surface area contributed by atoms with Gasteiger partial charge >= 0.3 is 5.97 Å². The van der Waals surface area contributed by atoms with E-state index < -0.39 is 36.5 Å². The third-order valence-electron chi connectivity index (χ3n) is 4.22. The third-order valence-corrected chi connectivity index (χ3v) is 4.22. The number of rotatable bonds is 9. The third kappa shape index (κ3) is 4.95. The number of ether oxygens (including phenoxy) is 1. The van der Waals surface area contributed by atoms with Crippen LogP contribution in [0.25, 0.3) is 0 Å². The van der Waals surface area contributed by atoms with Gasteiger partial charge in [-0.25, -0.2) is 9.48 Å². The molecule has 10 heteroatoms. The van der Waals surface area contributed by atoms with E-state index >= 15 is 0 Å². The largest absolute Gasteiger partial charge is 0.479 e. The van der Waals surface area contributed by atoms with Gasteiger partial charge in [0.25, 0.3) is 0 Å². The molecule has 25 heavy (non-hydrogen) atoms. The molecular formula is C15H26N4O6. The van der Waals surface area contributed by atoms with Crippen molar-refractivity contribution >= 4 is 5.97 Å². The van der Waals surface area contributed by atoms with Crippen LogP contribution in [0.3, 0.4) is 0 Å². The second-order valence-corrected chi connectivity index (χ2v) is 6.17. The maximum absolute atomic E-state index is 11.1. The number of hydrogen-bond donors (Lipinski definition) is 5. The number of hydrogen-bond acceptors (Lipinski definition) is 8. The van der Waals surface area contributed by atoms with Crippen LogP contribution >= 0.6 is 0 Å². The highest BCUT2D eigenvalue weighted by Crippen LogP contribution is 2.23. The molecule has 1 aromatic rings. The number of carbonyl (C=O) groups is 1. The van der Waals surface area contributed by atoms with E-state index in [0.717, 1.165) is 31.6 Å². The monoisotopic (exact) mass is 358 g/mol. The average molecular weight is 358 g/mol.